The number of rotatable bonds is 3. The van der Waals surface area contributed by atoms with Gasteiger partial charge in [0.15, 0.2) is 0 Å². The summed E-state index contributed by atoms with van der Waals surface area (Å²) in [5.41, 5.74) is 0. The fourth-order valence-electron chi connectivity index (χ4n) is 2.46. The van der Waals surface area contributed by atoms with E-state index < -0.39 is 9.84 Å². The van der Waals surface area contributed by atoms with Gasteiger partial charge in [0.25, 0.3) is 0 Å². The summed E-state index contributed by atoms with van der Waals surface area (Å²) in [5, 5.41) is 3.28. The SMILES string of the molecule is CNC1CC1CC1CCS(=O)(=O)CC1. The van der Waals surface area contributed by atoms with Gasteiger partial charge in [-0.3, -0.25) is 0 Å². The molecule has 1 N–H and O–H groups in total. The van der Waals surface area contributed by atoms with Crippen LogP contribution in [0, 0.1) is 11.8 Å². The maximum Gasteiger partial charge on any atom is 0.150 e. The van der Waals surface area contributed by atoms with Crippen LogP contribution in [0.2, 0.25) is 0 Å². The average molecular weight is 217 g/mol. The molecule has 0 aromatic rings. The zero-order valence-electron chi connectivity index (χ0n) is 8.70. The second-order valence-electron chi connectivity index (χ2n) is 4.72. The first-order valence-corrected chi connectivity index (χ1v) is 7.30. The first-order valence-electron chi connectivity index (χ1n) is 5.48. The quantitative estimate of drug-likeness (QED) is 0.761. The van der Waals surface area contributed by atoms with E-state index in [1.54, 1.807) is 0 Å². The monoisotopic (exact) mass is 217 g/mol. The average Bonchev–Trinajstić information content (AvgIpc) is 2.88. The van der Waals surface area contributed by atoms with Gasteiger partial charge < -0.3 is 5.32 Å². The Morgan fingerprint density at radius 1 is 1.29 bits per heavy atom. The van der Waals surface area contributed by atoms with Crippen molar-refractivity contribution < 1.29 is 8.42 Å². The Hall–Kier alpha value is -0.0900. The van der Waals surface area contributed by atoms with Crippen LogP contribution in [-0.4, -0.2) is 33.0 Å². The van der Waals surface area contributed by atoms with E-state index in [0.29, 0.717) is 23.5 Å². The zero-order chi connectivity index (χ0) is 10.2. The zero-order valence-corrected chi connectivity index (χ0v) is 9.52. The highest BCUT2D eigenvalue weighted by Crippen LogP contribution is 2.38. The Balaban J connectivity index is 1.74. The fraction of sp³-hybridized carbons (Fsp3) is 1.00. The van der Waals surface area contributed by atoms with E-state index in [2.05, 4.69) is 5.32 Å². The molecule has 1 saturated heterocycles. The van der Waals surface area contributed by atoms with Gasteiger partial charge in [0.1, 0.15) is 9.84 Å². The molecule has 0 spiro atoms. The van der Waals surface area contributed by atoms with Crippen molar-refractivity contribution in [3.63, 3.8) is 0 Å². The van der Waals surface area contributed by atoms with Gasteiger partial charge in [-0.1, -0.05) is 0 Å². The second kappa shape index (κ2) is 3.81. The van der Waals surface area contributed by atoms with Gasteiger partial charge in [-0.2, -0.15) is 0 Å². The van der Waals surface area contributed by atoms with Crippen LogP contribution in [-0.2, 0) is 9.84 Å². The van der Waals surface area contributed by atoms with E-state index in [-0.39, 0.29) is 0 Å². The van der Waals surface area contributed by atoms with Crippen LogP contribution in [0.5, 0.6) is 0 Å². The van der Waals surface area contributed by atoms with Gasteiger partial charge in [0.05, 0.1) is 11.5 Å². The third kappa shape index (κ3) is 2.48. The smallest absolute Gasteiger partial charge is 0.150 e. The summed E-state index contributed by atoms with van der Waals surface area (Å²) in [5.74, 6) is 2.34. The minimum Gasteiger partial charge on any atom is -0.317 e. The lowest BCUT2D eigenvalue weighted by Crippen LogP contribution is -2.24. The van der Waals surface area contributed by atoms with Crippen molar-refractivity contribution in [1.29, 1.82) is 0 Å². The highest BCUT2D eigenvalue weighted by atomic mass is 32.2. The molecule has 3 nitrogen and oxygen atoms in total. The predicted octanol–water partition coefficient (Wildman–Crippen LogP) is 0.809. The molecule has 1 saturated carbocycles. The lowest BCUT2D eigenvalue weighted by atomic mass is 9.96. The van der Waals surface area contributed by atoms with E-state index in [1.165, 1.54) is 12.8 Å². The molecule has 2 fully saturated rings. The van der Waals surface area contributed by atoms with E-state index in [0.717, 1.165) is 18.8 Å². The third-order valence-electron chi connectivity index (χ3n) is 3.60. The lowest BCUT2D eigenvalue weighted by molar-refractivity contribution is 0.406. The van der Waals surface area contributed by atoms with Gasteiger partial charge in [-0.25, -0.2) is 8.42 Å². The van der Waals surface area contributed by atoms with Crippen molar-refractivity contribution in [1.82, 2.24) is 5.32 Å². The molecule has 0 aromatic heterocycles. The fourth-order valence-corrected chi connectivity index (χ4v) is 4.05. The molecule has 0 bridgehead atoms. The number of hydrogen-bond acceptors (Lipinski definition) is 3. The minimum atomic E-state index is -2.67. The minimum absolute atomic E-state index is 0.425. The molecule has 0 aromatic carbocycles. The molecular formula is C10H19NO2S. The third-order valence-corrected chi connectivity index (χ3v) is 5.32. The van der Waals surface area contributed by atoms with E-state index in [4.69, 9.17) is 0 Å². The van der Waals surface area contributed by atoms with Crippen molar-refractivity contribution in [3.05, 3.63) is 0 Å². The topological polar surface area (TPSA) is 46.2 Å². The van der Waals surface area contributed by atoms with Gasteiger partial charge in [-0.05, 0) is 44.6 Å². The molecule has 1 heterocycles. The Labute approximate surface area is 86.2 Å². The van der Waals surface area contributed by atoms with Crippen LogP contribution in [0.25, 0.3) is 0 Å². The molecule has 1 aliphatic heterocycles. The van der Waals surface area contributed by atoms with Gasteiger partial charge >= 0.3 is 0 Å². The predicted molar refractivity (Wildman–Crippen MR) is 56.9 cm³/mol. The Morgan fingerprint density at radius 2 is 1.93 bits per heavy atom. The van der Waals surface area contributed by atoms with Crippen LogP contribution >= 0.6 is 0 Å². The Kier molecular flexibility index (Phi) is 2.84. The Morgan fingerprint density at radius 3 is 2.43 bits per heavy atom. The molecule has 2 atom stereocenters. The summed E-state index contributed by atoms with van der Waals surface area (Å²) < 4.78 is 22.4. The normalized spacial score (nSPS) is 36.9. The summed E-state index contributed by atoms with van der Waals surface area (Å²) >= 11 is 0. The Bertz CT molecular complexity index is 285. The maximum absolute atomic E-state index is 11.2. The summed E-state index contributed by atoms with van der Waals surface area (Å²) in [6, 6.07) is 0.716. The molecule has 82 valence electrons. The van der Waals surface area contributed by atoms with Crippen LogP contribution in [0.1, 0.15) is 25.7 Å². The second-order valence-corrected chi connectivity index (χ2v) is 7.03. The van der Waals surface area contributed by atoms with Crippen LogP contribution in [0.15, 0.2) is 0 Å². The molecule has 14 heavy (non-hydrogen) atoms. The molecule has 0 amide bonds. The highest BCUT2D eigenvalue weighted by molar-refractivity contribution is 7.91. The molecule has 2 aliphatic rings. The first-order chi connectivity index (χ1) is 6.61. The van der Waals surface area contributed by atoms with Crippen LogP contribution in [0.4, 0.5) is 0 Å². The summed E-state index contributed by atoms with van der Waals surface area (Å²) in [4.78, 5) is 0. The van der Waals surface area contributed by atoms with Crippen LogP contribution in [0.3, 0.4) is 0 Å². The standard InChI is InChI=1S/C10H19NO2S/c1-11-10-7-9(10)6-8-2-4-14(12,13)5-3-8/h8-11H,2-7H2,1H3. The van der Waals surface area contributed by atoms with Gasteiger partial charge in [0.2, 0.25) is 0 Å². The lowest BCUT2D eigenvalue weighted by Gasteiger charge is -2.21. The number of hydrogen-bond donors (Lipinski definition) is 1. The molecule has 0 radical (unpaired) electrons. The first kappa shape index (κ1) is 10.4. The van der Waals surface area contributed by atoms with Crippen molar-refractivity contribution in [2.45, 2.75) is 31.7 Å². The molecular weight excluding hydrogens is 198 g/mol. The summed E-state index contributed by atoms with van der Waals surface area (Å²) in [6.07, 6.45) is 4.32. The summed E-state index contributed by atoms with van der Waals surface area (Å²) in [7, 11) is -0.656. The highest BCUT2D eigenvalue weighted by Gasteiger charge is 2.38. The molecule has 2 rings (SSSR count). The molecule has 2 unspecified atom stereocenters. The molecule has 1 aliphatic carbocycles. The molecule has 4 heteroatoms. The van der Waals surface area contributed by atoms with Crippen molar-refractivity contribution in [2.75, 3.05) is 18.6 Å². The van der Waals surface area contributed by atoms with E-state index in [9.17, 15) is 8.42 Å². The van der Waals surface area contributed by atoms with Crippen molar-refractivity contribution >= 4 is 9.84 Å². The van der Waals surface area contributed by atoms with E-state index >= 15 is 0 Å². The summed E-state index contributed by atoms with van der Waals surface area (Å²) in [6.45, 7) is 0. The number of nitrogens with one attached hydrogen (secondary N) is 1. The van der Waals surface area contributed by atoms with Crippen molar-refractivity contribution in [2.24, 2.45) is 11.8 Å². The maximum atomic E-state index is 11.2. The van der Waals surface area contributed by atoms with E-state index in [1.807, 2.05) is 7.05 Å². The van der Waals surface area contributed by atoms with Crippen LogP contribution < -0.4 is 5.32 Å². The number of sulfone groups is 1. The van der Waals surface area contributed by atoms with Crippen molar-refractivity contribution in [3.8, 4) is 0 Å². The largest absolute Gasteiger partial charge is 0.317 e. The van der Waals surface area contributed by atoms with Gasteiger partial charge in [-0.15, -0.1) is 0 Å². The van der Waals surface area contributed by atoms with Gasteiger partial charge in [0, 0.05) is 6.04 Å².